The molecule has 0 radical (unpaired) electrons. The number of unbranched alkanes of at least 4 members (excludes halogenated alkanes) is 3. The number of rotatable bonds is 11. The van der Waals surface area contributed by atoms with Crippen LogP contribution in [0.5, 0.6) is 0 Å². The Balaban J connectivity index is 1.61. The molecular weight excluding hydrogens is 407 g/mol. The largest absolute Gasteiger partial charge is 0.471 e. The fourth-order valence-corrected chi connectivity index (χ4v) is 3.39. The van der Waals surface area contributed by atoms with Crippen LogP contribution >= 0.6 is 0 Å². The minimum Gasteiger partial charge on any atom is -0.329 e. The third kappa shape index (κ3) is 6.40. The van der Waals surface area contributed by atoms with Gasteiger partial charge in [0, 0.05) is 13.1 Å². The lowest BCUT2D eigenvalue weighted by atomic mass is 10.2. The highest BCUT2D eigenvalue weighted by atomic mass is 19.4. The predicted octanol–water partition coefficient (Wildman–Crippen LogP) is 5.51. The molecule has 2 heterocycles. The minimum atomic E-state index is -4.65. The number of nitrogens with zero attached hydrogens (tertiary/aromatic N) is 5. The van der Waals surface area contributed by atoms with Crippen molar-refractivity contribution in [1.29, 1.82) is 0 Å². The lowest BCUT2D eigenvalue weighted by Crippen LogP contribution is -2.28. The summed E-state index contributed by atoms with van der Waals surface area (Å²) in [6, 6.07) is 5.75. The summed E-state index contributed by atoms with van der Waals surface area (Å²) in [4.78, 5) is 10.3. The maximum atomic E-state index is 12.5. The zero-order valence-corrected chi connectivity index (χ0v) is 17.9. The SMILES string of the molecule is CCCCCCN(CC)CCn1cnc2cc(/C=C/c3noc(C(F)(F)F)n3)ccc21. The summed E-state index contributed by atoms with van der Waals surface area (Å²) in [6.07, 6.45) is 5.25. The fraction of sp³-hybridized carbons (Fsp3) is 0.500. The molecule has 0 amide bonds. The van der Waals surface area contributed by atoms with Crippen molar-refractivity contribution in [2.45, 2.75) is 52.3 Å². The molecule has 0 fully saturated rings. The maximum Gasteiger partial charge on any atom is 0.471 e. The van der Waals surface area contributed by atoms with E-state index in [0.29, 0.717) is 0 Å². The molecule has 1 aromatic carbocycles. The molecule has 3 rings (SSSR count). The van der Waals surface area contributed by atoms with E-state index in [9.17, 15) is 13.2 Å². The molecule has 0 saturated heterocycles. The van der Waals surface area contributed by atoms with Crippen molar-refractivity contribution < 1.29 is 17.7 Å². The Hall–Kier alpha value is -2.68. The van der Waals surface area contributed by atoms with Crippen molar-refractivity contribution in [3.63, 3.8) is 0 Å². The monoisotopic (exact) mass is 435 g/mol. The van der Waals surface area contributed by atoms with E-state index >= 15 is 0 Å². The van der Waals surface area contributed by atoms with Crippen LogP contribution in [0.1, 0.15) is 56.8 Å². The van der Waals surface area contributed by atoms with E-state index in [1.807, 2.05) is 24.5 Å². The number of halogens is 3. The maximum absolute atomic E-state index is 12.5. The van der Waals surface area contributed by atoms with E-state index in [1.54, 1.807) is 6.08 Å². The van der Waals surface area contributed by atoms with E-state index < -0.39 is 12.1 Å². The first-order valence-corrected chi connectivity index (χ1v) is 10.7. The number of benzene rings is 1. The molecule has 0 unspecified atom stereocenters. The molecule has 0 atom stereocenters. The molecule has 2 aromatic heterocycles. The van der Waals surface area contributed by atoms with Crippen LogP contribution in [-0.2, 0) is 12.7 Å². The van der Waals surface area contributed by atoms with Crippen molar-refractivity contribution in [2.75, 3.05) is 19.6 Å². The summed E-state index contributed by atoms with van der Waals surface area (Å²) in [7, 11) is 0. The summed E-state index contributed by atoms with van der Waals surface area (Å²) in [5, 5.41) is 3.33. The molecule has 6 nitrogen and oxygen atoms in total. The Morgan fingerprint density at radius 2 is 1.94 bits per heavy atom. The lowest BCUT2D eigenvalue weighted by molar-refractivity contribution is -0.159. The van der Waals surface area contributed by atoms with E-state index in [4.69, 9.17) is 0 Å². The second-order valence-electron chi connectivity index (χ2n) is 7.47. The third-order valence-electron chi connectivity index (χ3n) is 5.19. The van der Waals surface area contributed by atoms with Gasteiger partial charge in [-0.1, -0.05) is 50.4 Å². The Bertz CT molecular complexity index is 993. The van der Waals surface area contributed by atoms with Crippen molar-refractivity contribution in [2.24, 2.45) is 0 Å². The molecule has 0 bridgehead atoms. The first-order chi connectivity index (χ1) is 14.9. The Kier molecular flexibility index (Phi) is 7.84. The van der Waals surface area contributed by atoms with Gasteiger partial charge in [0.1, 0.15) is 0 Å². The molecule has 0 saturated carbocycles. The predicted molar refractivity (Wildman–Crippen MR) is 114 cm³/mol. The molecule has 0 aliphatic carbocycles. The van der Waals surface area contributed by atoms with Gasteiger partial charge in [0.15, 0.2) is 5.82 Å². The number of alkyl halides is 3. The topological polar surface area (TPSA) is 60.0 Å². The van der Waals surface area contributed by atoms with Crippen LogP contribution in [0.4, 0.5) is 13.2 Å². The quantitative estimate of drug-likeness (QED) is 0.372. The first kappa shape index (κ1) is 23.0. The van der Waals surface area contributed by atoms with Gasteiger partial charge in [-0.2, -0.15) is 18.2 Å². The van der Waals surface area contributed by atoms with Gasteiger partial charge >= 0.3 is 12.1 Å². The molecule has 168 valence electrons. The van der Waals surface area contributed by atoms with Gasteiger partial charge in [-0.15, -0.1) is 0 Å². The summed E-state index contributed by atoms with van der Waals surface area (Å²) < 4.78 is 44.0. The molecule has 0 aliphatic heterocycles. The van der Waals surface area contributed by atoms with E-state index in [0.717, 1.165) is 42.8 Å². The molecule has 0 spiro atoms. The zero-order chi connectivity index (χ0) is 22.3. The second-order valence-corrected chi connectivity index (χ2v) is 7.47. The smallest absolute Gasteiger partial charge is 0.329 e. The highest BCUT2D eigenvalue weighted by Crippen LogP contribution is 2.27. The van der Waals surface area contributed by atoms with E-state index in [1.165, 1.54) is 31.8 Å². The lowest BCUT2D eigenvalue weighted by Gasteiger charge is -2.20. The fourth-order valence-electron chi connectivity index (χ4n) is 3.39. The Morgan fingerprint density at radius 3 is 2.65 bits per heavy atom. The van der Waals surface area contributed by atoms with Gasteiger partial charge < -0.3 is 14.0 Å². The van der Waals surface area contributed by atoms with Gasteiger partial charge in [0.25, 0.3) is 0 Å². The van der Waals surface area contributed by atoms with Crippen molar-refractivity contribution in [3.05, 3.63) is 41.8 Å². The average molecular weight is 435 g/mol. The first-order valence-electron chi connectivity index (χ1n) is 10.7. The average Bonchev–Trinajstić information content (AvgIpc) is 3.38. The number of likely N-dealkylation sites (N-methyl/N-ethyl adjacent to an activating group) is 1. The zero-order valence-electron chi connectivity index (χ0n) is 17.9. The summed E-state index contributed by atoms with van der Waals surface area (Å²) in [5.74, 6) is -1.48. The van der Waals surface area contributed by atoms with Crippen molar-refractivity contribution in [1.82, 2.24) is 24.6 Å². The number of hydrogen-bond acceptors (Lipinski definition) is 5. The van der Waals surface area contributed by atoms with E-state index in [-0.39, 0.29) is 5.82 Å². The van der Waals surface area contributed by atoms with Crippen LogP contribution in [0.25, 0.3) is 23.2 Å². The van der Waals surface area contributed by atoms with Crippen molar-refractivity contribution >= 4 is 23.2 Å². The molecule has 9 heteroatoms. The summed E-state index contributed by atoms with van der Waals surface area (Å²) in [5.41, 5.74) is 2.65. The van der Waals surface area contributed by atoms with Gasteiger partial charge in [0.05, 0.1) is 17.4 Å². The van der Waals surface area contributed by atoms with E-state index in [2.05, 4.69) is 43.0 Å². The Labute approximate surface area is 179 Å². The van der Waals surface area contributed by atoms with Gasteiger partial charge in [-0.25, -0.2) is 4.98 Å². The van der Waals surface area contributed by atoms with Crippen LogP contribution in [0.15, 0.2) is 29.0 Å². The normalized spacial score (nSPS) is 12.6. The van der Waals surface area contributed by atoms with Gasteiger partial charge in [-0.3, -0.25) is 0 Å². The van der Waals surface area contributed by atoms with Crippen LogP contribution in [-0.4, -0.2) is 44.2 Å². The van der Waals surface area contributed by atoms with Gasteiger partial charge in [0.2, 0.25) is 0 Å². The third-order valence-corrected chi connectivity index (χ3v) is 5.19. The molecule has 0 aliphatic rings. The number of fused-ring (bicyclic) bond motifs is 1. The van der Waals surface area contributed by atoms with Crippen LogP contribution < -0.4 is 0 Å². The molecule has 0 N–H and O–H groups in total. The highest BCUT2D eigenvalue weighted by molar-refractivity contribution is 5.80. The van der Waals surface area contributed by atoms with Crippen LogP contribution in [0, 0.1) is 0 Å². The standard InChI is InChI=1S/C22H28F3N5O/c1-3-5-6-7-12-29(4-2)13-14-30-16-26-18-15-17(8-10-19(18)30)9-11-20-27-21(31-28-20)22(23,24)25/h8-11,15-16H,3-7,12-14H2,1-2H3/b11-9+. The van der Waals surface area contributed by atoms with Gasteiger partial charge in [-0.05, 0) is 43.3 Å². The number of imidazole rings is 1. The van der Waals surface area contributed by atoms with Crippen LogP contribution in [0.3, 0.4) is 0 Å². The molecule has 31 heavy (non-hydrogen) atoms. The van der Waals surface area contributed by atoms with Crippen LogP contribution in [0.2, 0.25) is 0 Å². The van der Waals surface area contributed by atoms with Crippen molar-refractivity contribution in [3.8, 4) is 0 Å². The highest BCUT2D eigenvalue weighted by Gasteiger charge is 2.38. The summed E-state index contributed by atoms with van der Waals surface area (Å²) in [6.45, 7) is 8.37. The minimum absolute atomic E-state index is 0.128. The molecular formula is C22H28F3N5O. The number of aromatic nitrogens is 4. The Morgan fingerprint density at radius 1 is 1.10 bits per heavy atom. The second kappa shape index (κ2) is 10.6. The molecule has 3 aromatic rings. The summed E-state index contributed by atoms with van der Waals surface area (Å²) >= 11 is 0. The number of hydrogen-bond donors (Lipinski definition) is 0.